The summed E-state index contributed by atoms with van der Waals surface area (Å²) >= 11 is 0. The summed E-state index contributed by atoms with van der Waals surface area (Å²) in [7, 11) is -5.54. The maximum Gasteiger partial charge on any atom is 0.523 e. The van der Waals surface area contributed by atoms with Gasteiger partial charge in [0.05, 0.1) is 12.7 Å². The summed E-state index contributed by atoms with van der Waals surface area (Å²) < 4.78 is 66.5. The van der Waals surface area contributed by atoms with E-state index in [-0.39, 0.29) is 12.5 Å². The molecule has 0 aromatic rings. The van der Waals surface area contributed by atoms with Crippen LogP contribution in [0.15, 0.2) is 12.2 Å². The van der Waals surface area contributed by atoms with Gasteiger partial charge in [0.15, 0.2) is 0 Å². The summed E-state index contributed by atoms with van der Waals surface area (Å²) in [6.45, 7) is -0.623. The molecular weight excluding hydrogens is 313 g/mol. The Labute approximate surface area is 120 Å². The van der Waals surface area contributed by atoms with E-state index in [1.165, 1.54) is 12.2 Å². The fourth-order valence-electron chi connectivity index (χ4n) is 2.57. The van der Waals surface area contributed by atoms with Gasteiger partial charge in [0.2, 0.25) is 0 Å². The molecule has 0 amide bonds. The van der Waals surface area contributed by atoms with Crippen molar-refractivity contribution in [3.05, 3.63) is 12.2 Å². The number of halogens is 3. The fourth-order valence-corrected chi connectivity index (χ4v) is 3.02. The summed E-state index contributed by atoms with van der Waals surface area (Å²) in [6.07, 6.45) is 5.68. The van der Waals surface area contributed by atoms with Crippen LogP contribution in [-0.4, -0.2) is 43.4 Å². The SMILES string of the molecule is O=S(=O)(OCC/C=C/[C@H](O)[C@@]12CCCC[C@@H]1O2)C(F)(F)F. The molecule has 2 fully saturated rings. The molecule has 21 heavy (non-hydrogen) atoms. The Morgan fingerprint density at radius 2 is 2.14 bits per heavy atom. The van der Waals surface area contributed by atoms with Crippen LogP contribution < -0.4 is 0 Å². The maximum atomic E-state index is 12.0. The Morgan fingerprint density at radius 1 is 1.43 bits per heavy atom. The molecule has 122 valence electrons. The second-order valence-electron chi connectivity index (χ2n) is 5.19. The van der Waals surface area contributed by atoms with Gasteiger partial charge in [-0.05, 0) is 19.3 Å². The Morgan fingerprint density at radius 3 is 2.76 bits per heavy atom. The summed E-state index contributed by atoms with van der Waals surface area (Å²) in [5.41, 5.74) is -5.96. The summed E-state index contributed by atoms with van der Waals surface area (Å²) in [4.78, 5) is 0. The average Bonchev–Trinajstić information content (AvgIpc) is 3.12. The van der Waals surface area contributed by atoms with E-state index >= 15 is 0 Å². The summed E-state index contributed by atoms with van der Waals surface area (Å²) in [6, 6.07) is 0. The molecule has 2 rings (SSSR count). The number of fused-ring (bicyclic) bond motifs is 1. The predicted molar refractivity (Wildman–Crippen MR) is 66.8 cm³/mol. The van der Waals surface area contributed by atoms with Crippen LogP contribution in [0.5, 0.6) is 0 Å². The first kappa shape index (κ1) is 16.7. The quantitative estimate of drug-likeness (QED) is 0.264. The lowest BCUT2D eigenvalue weighted by Crippen LogP contribution is -2.32. The van der Waals surface area contributed by atoms with Crippen LogP contribution in [0.2, 0.25) is 0 Å². The van der Waals surface area contributed by atoms with Gasteiger partial charge in [-0.1, -0.05) is 25.0 Å². The van der Waals surface area contributed by atoms with E-state index < -0.39 is 33.9 Å². The maximum absolute atomic E-state index is 12.0. The van der Waals surface area contributed by atoms with Crippen LogP contribution in [-0.2, 0) is 19.0 Å². The summed E-state index contributed by atoms with van der Waals surface area (Å²) in [5.74, 6) is 0. The molecule has 0 aromatic heterocycles. The van der Waals surface area contributed by atoms with Crippen molar-refractivity contribution in [1.29, 1.82) is 0 Å². The second kappa shape index (κ2) is 5.86. The van der Waals surface area contributed by atoms with Gasteiger partial charge in [-0.15, -0.1) is 0 Å². The number of aliphatic hydroxyl groups is 1. The molecule has 3 atom stereocenters. The molecule has 0 aromatic carbocycles. The van der Waals surface area contributed by atoms with Gasteiger partial charge in [0, 0.05) is 0 Å². The van der Waals surface area contributed by atoms with Crippen LogP contribution in [0.25, 0.3) is 0 Å². The lowest BCUT2D eigenvalue weighted by molar-refractivity contribution is -0.0541. The monoisotopic (exact) mass is 330 g/mol. The Hall–Kier alpha value is -0.640. The number of rotatable bonds is 6. The highest BCUT2D eigenvalue weighted by molar-refractivity contribution is 7.87. The van der Waals surface area contributed by atoms with Crippen molar-refractivity contribution < 1.29 is 35.6 Å². The molecule has 1 saturated heterocycles. The van der Waals surface area contributed by atoms with Crippen LogP contribution in [0.3, 0.4) is 0 Å². The Kier molecular flexibility index (Phi) is 4.67. The van der Waals surface area contributed by atoms with E-state index in [0.29, 0.717) is 0 Å². The topological polar surface area (TPSA) is 76.1 Å². The van der Waals surface area contributed by atoms with Gasteiger partial charge in [-0.25, -0.2) is 0 Å². The highest BCUT2D eigenvalue weighted by atomic mass is 32.2. The van der Waals surface area contributed by atoms with Crippen LogP contribution in [0.4, 0.5) is 13.2 Å². The zero-order valence-corrected chi connectivity index (χ0v) is 12.0. The van der Waals surface area contributed by atoms with Crippen molar-refractivity contribution in [2.24, 2.45) is 0 Å². The van der Waals surface area contributed by atoms with E-state index in [1.54, 1.807) is 0 Å². The zero-order valence-electron chi connectivity index (χ0n) is 11.2. The minimum Gasteiger partial charge on any atom is -0.386 e. The third-order valence-corrected chi connectivity index (χ3v) is 4.80. The van der Waals surface area contributed by atoms with Crippen molar-refractivity contribution in [3.8, 4) is 0 Å². The lowest BCUT2D eigenvalue weighted by Gasteiger charge is -2.20. The zero-order chi connectivity index (χ0) is 15.7. The highest BCUT2D eigenvalue weighted by Gasteiger charge is 2.60. The van der Waals surface area contributed by atoms with Gasteiger partial charge in [0.25, 0.3) is 0 Å². The molecule has 0 spiro atoms. The second-order valence-corrected chi connectivity index (χ2v) is 6.80. The van der Waals surface area contributed by atoms with Gasteiger partial charge >= 0.3 is 15.6 Å². The molecule has 2 aliphatic rings. The predicted octanol–water partition coefficient (Wildman–Crippen LogP) is 1.87. The minimum atomic E-state index is -5.54. The summed E-state index contributed by atoms with van der Waals surface area (Å²) in [5, 5.41) is 10.0. The molecule has 5 nitrogen and oxygen atoms in total. The molecule has 1 saturated carbocycles. The Balaban J connectivity index is 1.74. The van der Waals surface area contributed by atoms with Gasteiger partial charge in [-0.2, -0.15) is 21.6 Å². The van der Waals surface area contributed by atoms with Gasteiger partial charge < -0.3 is 9.84 Å². The average molecular weight is 330 g/mol. The van der Waals surface area contributed by atoms with Crippen molar-refractivity contribution in [2.45, 2.75) is 55.4 Å². The minimum absolute atomic E-state index is 0.0485. The van der Waals surface area contributed by atoms with Crippen LogP contribution in [0, 0.1) is 0 Å². The van der Waals surface area contributed by atoms with Gasteiger partial charge in [-0.3, -0.25) is 4.18 Å². The van der Waals surface area contributed by atoms with E-state index in [9.17, 15) is 26.7 Å². The van der Waals surface area contributed by atoms with Gasteiger partial charge in [0.1, 0.15) is 11.7 Å². The Bertz CT molecular complexity index is 502. The standard InChI is InChI=1S/C12H17F3O5S/c13-12(14,15)21(17,18)19-8-4-2-5-9(16)11-7-3-1-6-10(11)20-11/h2,5,9-10,16H,1,3-4,6-8H2/b5-2+/t9-,10-,11-/m0/s1. The van der Waals surface area contributed by atoms with E-state index in [4.69, 9.17) is 4.74 Å². The van der Waals surface area contributed by atoms with E-state index in [2.05, 4.69) is 4.18 Å². The smallest absolute Gasteiger partial charge is 0.386 e. The highest BCUT2D eigenvalue weighted by Crippen LogP contribution is 2.50. The number of epoxide rings is 1. The third-order valence-electron chi connectivity index (χ3n) is 3.76. The van der Waals surface area contributed by atoms with Crippen molar-refractivity contribution >= 4 is 10.1 Å². The molecule has 1 heterocycles. The van der Waals surface area contributed by atoms with Crippen molar-refractivity contribution in [3.63, 3.8) is 0 Å². The number of alkyl halides is 3. The number of hydrogen-bond donors (Lipinski definition) is 1. The molecule has 0 radical (unpaired) electrons. The number of ether oxygens (including phenoxy) is 1. The molecule has 1 N–H and O–H groups in total. The largest absolute Gasteiger partial charge is 0.523 e. The first-order valence-electron chi connectivity index (χ1n) is 6.67. The molecule has 9 heteroatoms. The lowest BCUT2D eigenvalue weighted by atomic mass is 9.85. The number of aliphatic hydroxyl groups excluding tert-OH is 1. The first-order chi connectivity index (χ1) is 9.69. The van der Waals surface area contributed by atoms with Crippen molar-refractivity contribution in [1.82, 2.24) is 0 Å². The first-order valence-corrected chi connectivity index (χ1v) is 8.08. The van der Waals surface area contributed by atoms with Crippen LogP contribution in [0.1, 0.15) is 32.1 Å². The molecule has 0 unspecified atom stereocenters. The van der Waals surface area contributed by atoms with Crippen LogP contribution >= 0.6 is 0 Å². The van der Waals surface area contributed by atoms with E-state index in [0.717, 1.165) is 25.7 Å². The molecular formula is C12H17F3O5S. The normalized spacial score (nSPS) is 31.1. The van der Waals surface area contributed by atoms with E-state index in [1.807, 2.05) is 0 Å². The third kappa shape index (κ3) is 3.58. The fraction of sp³-hybridized carbons (Fsp3) is 0.833. The van der Waals surface area contributed by atoms with Crippen molar-refractivity contribution in [2.75, 3.05) is 6.61 Å². The molecule has 1 aliphatic carbocycles. The molecule has 1 aliphatic heterocycles. The molecule has 0 bridgehead atoms. The number of hydrogen-bond acceptors (Lipinski definition) is 5.